The van der Waals surface area contributed by atoms with Gasteiger partial charge in [0.15, 0.2) is 0 Å². The van der Waals surface area contributed by atoms with Gasteiger partial charge in [-0.05, 0) is 60.3 Å². The van der Waals surface area contributed by atoms with E-state index < -0.39 is 11.8 Å². The van der Waals surface area contributed by atoms with Gasteiger partial charge < -0.3 is 19.6 Å². The third kappa shape index (κ3) is 4.25. The number of nitrogens with zero attached hydrogens (tertiary/aromatic N) is 1. The van der Waals surface area contributed by atoms with E-state index >= 15 is 0 Å². The van der Waals surface area contributed by atoms with E-state index in [4.69, 9.17) is 4.42 Å². The van der Waals surface area contributed by atoms with Gasteiger partial charge in [0.25, 0.3) is 5.56 Å². The van der Waals surface area contributed by atoms with Crippen molar-refractivity contribution in [2.75, 3.05) is 5.32 Å². The quantitative estimate of drug-likeness (QED) is 0.500. The first-order valence-electron chi connectivity index (χ1n) is 9.45. The number of carbonyl (C=O) groups excluding carboxylic acids is 1. The normalized spacial score (nSPS) is 10.9. The maximum absolute atomic E-state index is 13.1. The molecule has 2 aromatic carbocycles. The molecule has 2 amide bonds. The number of nitrogens with one attached hydrogen (secondary N) is 2. The Bertz CT molecular complexity index is 1230. The number of anilines is 1. The zero-order chi connectivity index (χ0) is 21.1. The lowest BCUT2D eigenvalue weighted by molar-refractivity contribution is 0.201. The molecule has 2 heterocycles. The summed E-state index contributed by atoms with van der Waals surface area (Å²) in [5.41, 5.74) is 2.40. The summed E-state index contributed by atoms with van der Waals surface area (Å²) < 4.78 is 18.5. The Kier molecular flexibility index (Phi) is 5.34. The molecule has 0 aliphatic heterocycles. The number of furan rings is 1. The number of rotatable bonds is 5. The SMILES string of the molecule is Cc1cccc2cc(CN(Cc3ccco3)C(=O)Nc3ccc(F)cc3)c(=O)[nH]c12. The first kappa shape index (κ1) is 19.4. The Morgan fingerprint density at radius 2 is 1.90 bits per heavy atom. The van der Waals surface area contributed by atoms with E-state index in [2.05, 4.69) is 10.3 Å². The Hall–Kier alpha value is -3.87. The number of hydrogen-bond donors (Lipinski definition) is 2. The van der Waals surface area contributed by atoms with Crippen molar-refractivity contribution in [1.82, 2.24) is 9.88 Å². The largest absolute Gasteiger partial charge is 0.467 e. The van der Waals surface area contributed by atoms with Gasteiger partial charge in [-0.1, -0.05) is 18.2 Å². The van der Waals surface area contributed by atoms with Crippen LogP contribution < -0.4 is 10.9 Å². The molecule has 0 atom stereocenters. The number of H-pyrrole nitrogens is 1. The second-order valence-electron chi connectivity index (χ2n) is 7.04. The molecular weight excluding hydrogens is 385 g/mol. The van der Waals surface area contributed by atoms with Gasteiger partial charge in [0.1, 0.15) is 11.6 Å². The lowest BCUT2D eigenvalue weighted by atomic mass is 10.1. The molecule has 0 aliphatic rings. The zero-order valence-corrected chi connectivity index (χ0v) is 16.3. The number of aromatic amines is 1. The number of aryl methyl sites for hydroxylation is 1. The fourth-order valence-electron chi connectivity index (χ4n) is 3.28. The fourth-order valence-corrected chi connectivity index (χ4v) is 3.28. The van der Waals surface area contributed by atoms with E-state index in [1.807, 2.05) is 25.1 Å². The minimum absolute atomic E-state index is 0.0763. The van der Waals surface area contributed by atoms with Crippen LogP contribution in [0.25, 0.3) is 10.9 Å². The summed E-state index contributed by atoms with van der Waals surface area (Å²) >= 11 is 0. The average Bonchev–Trinajstić information content (AvgIpc) is 3.24. The monoisotopic (exact) mass is 405 g/mol. The molecule has 30 heavy (non-hydrogen) atoms. The molecule has 0 saturated heterocycles. The average molecular weight is 405 g/mol. The number of aromatic nitrogens is 1. The van der Waals surface area contributed by atoms with Crippen LogP contribution in [0.2, 0.25) is 0 Å². The zero-order valence-electron chi connectivity index (χ0n) is 16.3. The van der Waals surface area contributed by atoms with Gasteiger partial charge in [-0.15, -0.1) is 0 Å². The van der Waals surface area contributed by atoms with Crippen molar-refractivity contribution in [3.63, 3.8) is 0 Å². The van der Waals surface area contributed by atoms with Crippen LogP contribution in [0.4, 0.5) is 14.9 Å². The van der Waals surface area contributed by atoms with Crippen LogP contribution in [0.5, 0.6) is 0 Å². The van der Waals surface area contributed by atoms with Gasteiger partial charge >= 0.3 is 6.03 Å². The summed E-state index contributed by atoms with van der Waals surface area (Å²) in [6, 6.07) is 16.1. The van der Waals surface area contributed by atoms with Crippen molar-refractivity contribution in [2.24, 2.45) is 0 Å². The smallest absolute Gasteiger partial charge is 0.322 e. The summed E-state index contributed by atoms with van der Waals surface area (Å²) in [6.45, 7) is 2.18. The van der Waals surface area contributed by atoms with E-state index in [9.17, 15) is 14.0 Å². The van der Waals surface area contributed by atoms with Crippen LogP contribution >= 0.6 is 0 Å². The molecule has 0 bridgehead atoms. The Balaban J connectivity index is 1.63. The number of urea groups is 1. The van der Waals surface area contributed by atoms with Crippen molar-refractivity contribution in [2.45, 2.75) is 20.0 Å². The lowest BCUT2D eigenvalue weighted by Crippen LogP contribution is -2.35. The molecule has 6 nitrogen and oxygen atoms in total. The number of benzene rings is 2. The van der Waals surface area contributed by atoms with Gasteiger partial charge in [-0.2, -0.15) is 0 Å². The predicted octanol–water partition coefficient (Wildman–Crippen LogP) is 4.80. The second-order valence-corrected chi connectivity index (χ2v) is 7.04. The first-order chi connectivity index (χ1) is 14.5. The van der Waals surface area contributed by atoms with Gasteiger partial charge in [0.2, 0.25) is 0 Å². The van der Waals surface area contributed by atoms with E-state index in [1.54, 1.807) is 18.2 Å². The highest BCUT2D eigenvalue weighted by Gasteiger charge is 2.18. The van der Waals surface area contributed by atoms with Crippen LogP contribution in [-0.4, -0.2) is 15.9 Å². The Morgan fingerprint density at radius 1 is 1.10 bits per heavy atom. The van der Waals surface area contributed by atoms with E-state index in [-0.39, 0.29) is 18.6 Å². The number of halogens is 1. The summed E-state index contributed by atoms with van der Waals surface area (Å²) in [7, 11) is 0. The van der Waals surface area contributed by atoms with Crippen molar-refractivity contribution in [3.05, 3.63) is 100.0 Å². The summed E-state index contributed by atoms with van der Waals surface area (Å²) in [4.78, 5) is 30.0. The fraction of sp³-hybridized carbons (Fsp3) is 0.130. The number of pyridine rings is 1. The second kappa shape index (κ2) is 8.24. The molecule has 2 aromatic heterocycles. The predicted molar refractivity (Wildman–Crippen MR) is 113 cm³/mol. The molecular formula is C23H20FN3O3. The van der Waals surface area contributed by atoms with Gasteiger partial charge in [-0.25, -0.2) is 9.18 Å². The number of amides is 2. The topological polar surface area (TPSA) is 78.3 Å². The highest BCUT2D eigenvalue weighted by molar-refractivity contribution is 5.89. The number of hydrogen-bond acceptors (Lipinski definition) is 3. The molecule has 152 valence electrons. The van der Waals surface area contributed by atoms with Gasteiger partial charge in [0, 0.05) is 11.3 Å². The molecule has 4 rings (SSSR count). The van der Waals surface area contributed by atoms with Crippen molar-refractivity contribution < 1.29 is 13.6 Å². The summed E-state index contributed by atoms with van der Waals surface area (Å²) in [6.07, 6.45) is 1.52. The minimum atomic E-state index is -0.429. The van der Waals surface area contributed by atoms with Crippen LogP contribution in [0.3, 0.4) is 0 Å². The molecule has 0 aliphatic carbocycles. The van der Waals surface area contributed by atoms with E-state index in [0.29, 0.717) is 17.0 Å². The summed E-state index contributed by atoms with van der Waals surface area (Å²) in [5, 5.41) is 3.62. The molecule has 2 N–H and O–H groups in total. The first-order valence-corrected chi connectivity index (χ1v) is 9.45. The minimum Gasteiger partial charge on any atom is -0.467 e. The van der Waals surface area contributed by atoms with Crippen molar-refractivity contribution >= 4 is 22.6 Å². The maximum atomic E-state index is 13.1. The number of carbonyl (C=O) groups is 1. The van der Waals surface area contributed by atoms with Gasteiger partial charge in [0.05, 0.1) is 24.9 Å². The molecule has 7 heteroatoms. The van der Waals surface area contributed by atoms with Crippen LogP contribution in [0, 0.1) is 12.7 Å². The number of para-hydroxylation sites is 1. The standard InChI is InChI=1S/C23H20FN3O3/c1-15-4-2-5-16-12-17(22(28)26-21(15)16)13-27(14-20-6-3-11-30-20)23(29)25-19-9-7-18(24)8-10-19/h2-12H,13-14H2,1H3,(H,25,29)(H,26,28). The van der Waals surface area contributed by atoms with Crippen LogP contribution in [0.1, 0.15) is 16.9 Å². The van der Waals surface area contributed by atoms with E-state index in [0.717, 1.165) is 16.5 Å². The molecule has 0 spiro atoms. The lowest BCUT2D eigenvalue weighted by Gasteiger charge is -2.22. The highest BCUT2D eigenvalue weighted by atomic mass is 19.1. The number of fused-ring (bicyclic) bond motifs is 1. The molecule has 4 aromatic rings. The Morgan fingerprint density at radius 3 is 2.63 bits per heavy atom. The third-order valence-electron chi connectivity index (χ3n) is 4.84. The van der Waals surface area contributed by atoms with Crippen LogP contribution in [0.15, 0.2) is 76.1 Å². The third-order valence-corrected chi connectivity index (χ3v) is 4.84. The van der Waals surface area contributed by atoms with Gasteiger partial charge in [-0.3, -0.25) is 4.79 Å². The maximum Gasteiger partial charge on any atom is 0.322 e. The van der Waals surface area contributed by atoms with Crippen molar-refractivity contribution in [1.29, 1.82) is 0 Å². The van der Waals surface area contributed by atoms with Crippen LogP contribution in [-0.2, 0) is 13.1 Å². The molecule has 0 unspecified atom stereocenters. The Labute approximate surface area is 171 Å². The molecule has 0 saturated carbocycles. The van der Waals surface area contributed by atoms with Crippen molar-refractivity contribution in [3.8, 4) is 0 Å². The van der Waals surface area contributed by atoms with E-state index in [1.165, 1.54) is 35.4 Å². The highest BCUT2D eigenvalue weighted by Crippen LogP contribution is 2.18. The molecule has 0 radical (unpaired) electrons. The molecule has 0 fully saturated rings. The summed E-state index contributed by atoms with van der Waals surface area (Å²) in [5.74, 6) is 0.191.